The van der Waals surface area contributed by atoms with Crippen molar-refractivity contribution in [2.45, 2.75) is 50.9 Å². The molecule has 0 aromatic rings. The van der Waals surface area contributed by atoms with Crippen LogP contribution >= 0.6 is 0 Å². The molecule has 20 heavy (non-hydrogen) atoms. The molecular weight excluding hydrogens is 267 g/mol. The predicted molar refractivity (Wildman–Crippen MR) is 70.9 cm³/mol. The molecule has 0 aromatic heterocycles. The Morgan fingerprint density at radius 3 is 2.50 bits per heavy atom. The molecule has 1 aliphatic heterocycles. The number of likely N-dealkylation sites (tertiary alicyclic amines) is 1. The lowest BCUT2D eigenvalue weighted by molar-refractivity contribution is -0.150. The van der Waals surface area contributed by atoms with Gasteiger partial charge >= 0.3 is 12.1 Å². The topological polar surface area (TPSA) is 81.9 Å². The summed E-state index contributed by atoms with van der Waals surface area (Å²) in [5, 5.41) is 0. The fourth-order valence-electron chi connectivity index (χ4n) is 2.11. The van der Waals surface area contributed by atoms with E-state index in [-0.39, 0.29) is 25.9 Å². The predicted octanol–water partition coefficient (Wildman–Crippen LogP) is 1.23. The standard InChI is InChI=1S/C13H23FN2O4/c1-12(2,3)20-11(18)16-6-5-13(14,8-15)7-9(16)10(17)19-4/h9H,5-8,15H2,1-4H3. The molecule has 0 radical (unpaired) electrons. The number of nitrogens with zero attached hydrogens (tertiary/aromatic N) is 1. The molecule has 7 heteroatoms. The second-order valence-electron chi connectivity index (χ2n) is 6.02. The first-order chi connectivity index (χ1) is 9.12. The summed E-state index contributed by atoms with van der Waals surface area (Å²) in [5.41, 5.74) is 3.06. The molecule has 0 bridgehead atoms. The van der Waals surface area contributed by atoms with Crippen molar-refractivity contribution in [2.75, 3.05) is 20.2 Å². The van der Waals surface area contributed by atoms with Crippen molar-refractivity contribution in [2.24, 2.45) is 5.73 Å². The third-order valence-corrected chi connectivity index (χ3v) is 3.20. The highest BCUT2D eigenvalue weighted by atomic mass is 19.1. The summed E-state index contributed by atoms with van der Waals surface area (Å²) in [6.07, 6.45) is -0.738. The van der Waals surface area contributed by atoms with Crippen LogP contribution in [-0.4, -0.2) is 54.5 Å². The van der Waals surface area contributed by atoms with Gasteiger partial charge in [-0.1, -0.05) is 0 Å². The maximum absolute atomic E-state index is 14.3. The molecule has 0 spiro atoms. The highest BCUT2D eigenvalue weighted by Crippen LogP contribution is 2.31. The maximum Gasteiger partial charge on any atom is 0.411 e. The second kappa shape index (κ2) is 5.95. The molecule has 1 aliphatic rings. The zero-order valence-electron chi connectivity index (χ0n) is 12.4. The van der Waals surface area contributed by atoms with Crippen LogP contribution in [0, 0.1) is 0 Å². The first-order valence-corrected chi connectivity index (χ1v) is 6.58. The highest BCUT2D eigenvalue weighted by Gasteiger charge is 2.45. The van der Waals surface area contributed by atoms with E-state index < -0.39 is 29.4 Å². The number of hydrogen-bond donors (Lipinski definition) is 1. The van der Waals surface area contributed by atoms with Crippen molar-refractivity contribution < 1.29 is 23.5 Å². The van der Waals surface area contributed by atoms with Crippen LogP contribution in [-0.2, 0) is 14.3 Å². The van der Waals surface area contributed by atoms with E-state index >= 15 is 0 Å². The van der Waals surface area contributed by atoms with Gasteiger partial charge in [0.05, 0.1) is 7.11 Å². The molecular formula is C13H23FN2O4. The zero-order chi connectivity index (χ0) is 15.6. The van der Waals surface area contributed by atoms with E-state index in [1.165, 1.54) is 12.0 Å². The number of methoxy groups -OCH3 is 1. The normalized spacial score (nSPS) is 27.1. The van der Waals surface area contributed by atoms with Crippen molar-refractivity contribution >= 4 is 12.1 Å². The number of piperidine rings is 1. The minimum atomic E-state index is -1.66. The van der Waals surface area contributed by atoms with Crippen molar-refractivity contribution in [3.05, 3.63) is 0 Å². The molecule has 0 aliphatic carbocycles. The number of nitrogens with two attached hydrogens (primary N) is 1. The molecule has 1 heterocycles. The molecule has 2 N–H and O–H groups in total. The monoisotopic (exact) mass is 290 g/mol. The van der Waals surface area contributed by atoms with E-state index in [4.69, 9.17) is 10.5 Å². The number of alkyl halides is 1. The average Bonchev–Trinajstić information content (AvgIpc) is 2.35. The van der Waals surface area contributed by atoms with Crippen LogP contribution in [0.3, 0.4) is 0 Å². The largest absolute Gasteiger partial charge is 0.467 e. The Morgan fingerprint density at radius 2 is 2.05 bits per heavy atom. The fraction of sp³-hybridized carbons (Fsp3) is 0.846. The molecule has 1 saturated heterocycles. The van der Waals surface area contributed by atoms with Gasteiger partial charge in [0, 0.05) is 25.9 Å². The van der Waals surface area contributed by atoms with Gasteiger partial charge in [-0.2, -0.15) is 0 Å². The lowest BCUT2D eigenvalue weighted by atomic mass is 9.88. The van der Waals surface area contributed by atoms with Crippen LogP contribution in [0.4, 0.5) is 9.18 Å². The maximum atomic E-state index is 14.3. The van der Waals surface area contributed by atoms with Gasteiger partial charge in [-0.25, -0.2) is 14.0 Å². The molecule has 116 valence electrons. The Balaban J connectivity index is 2.89. The molecule has 0 aromatic carbocycles. The lowest BCUT2D eigenvalue weighted by Gasteiger charge is -2.40. The fourth-order valence-corrected chi connectivity index (χ4v) is 2.11. The first-order valence-electron chi connectivity index (χ1n) is 6.58. The van der Waals surface area contributed by atoms with Crippen molar-refractivity contribution in [1.29, 1.82) is 0 Å². The Hall–Kier alpha value is -1.37. The summed E-state index contributed by atoms with van der Waals surface area (Å²) in [7, 11) is 1.20. The number of carbonyl (C=O) groups is 2. The third-order valence-electron chi connectivity index (χ3n) is 3.20. The Kier molecular flexibility index (Phi) is 4.96. The molecule has 2 unspecified atom stereocenters. The number of amides is 1. The number of ether oxygens (including phenoxy) is 2. The summed E-state index contributed by atoms with van der Waals surface area (Å²) in [6, 6.07) is -1.00. The van der Waals surface area contributed by atoms with Crippen LogP contribution in [0.15, 0.2) is 0 Å². The minimum absolute atomic E-state index is 0.0718. The Bertz CT molecular complexity index is 383. The van der Waals surface area contributed by atoms with Gasteiger partial charge in [-0.15, -0.1) is 0 Å². The molecule has 6 nitrogen and oxygen atoms in total. The molecule has 0 saturated carbocycles. The van der Waals surface area contributed by atoms with Crippen molar-refractivity contribution in [1.82, 2.24) is 4.90 Å². The summed E-state index contributed by atoms with van der Waals surface area (Å²) in [4.78, 5) is 25.1. The van der Waals surface area contributed by atoms with E-state index in [9.17, 15) is 14.0 Å². The minimum Gasteiger partial charge on any atom is -0.467 e. The summed E-state index contributed by atoms with van der Waals surface area (Å²) < 4.78 is 24.2. The molecule has 2 atom stereocenters. The van der Waals surface area contributed by atoms with E-state index in [2.05, 4.69) is 4.74 Å². The van der Waals surface area contributed by atoms with Gasteiger partial charge < -0.3 is 15.2 Å². The molecule has 1 rings (SSSR count). The van der Waals surface area contributed by atoms with Gasteiger partial charge in [-0.05, 0) is 20.8 Å². The number of rotatable bonds is 2. The van der Waals surface area contributed by atoms with Crippen LogP contribution in [0.2, 0.25) is 0 Å². The summed E-state index contributed by atoms with van der Waals surface area (Å²) >= 11 is 0. The quantitative estimate of drug-likeness (QED) is 0.773. The van der Waals surface area contributed by atoms with E-state index in [0.29, 0.717) is 0 Å². The smallest absolute Gasteiger partial charge is 0.411 e. The third kappa shape index (κ3) is 4.06. The van der Waals surface area contributed by atoms with Crippen LogP contribution in [0.25, 0.3) is 0 Å². The van der Waals surface area contributed by atoms with Gasteiger partial charge in [-0.3, -0.25) is 4.90 Å². The van der Waals surface area contributed by atoms with E-state index in [1.807, 2.05) is 0 Å². The van der Waals surface area contributed by atoms with Crippen molar-refractivity contribution in [3.63, 3.8) is 0 Å². The van der Waals surface area contributed by atoms with Crippen LogP contribution in [0.1, 0.15) is 33.6 Å². The second-order valence-corrected chi connectivity index (χ2v) is 6.02. The SMILES string of the molecule is COC(=O)C1CC(F)(CN)CCN1C(=O)OC(C)(C)C. The summed E-state index contributed by atoms with van der Waals surface area (Å²) in [5.74, 6) is -0.661. The van der Waals surface area contributed by atoms with Gasteiger partial charge in [0.15, 0.2) is 0 Å². The first kappa shape index (κ1) is 16.7. The Morgan fingerprint density at radius 1 is 1.45 bits per heavy atom. The van der Waals surface area contributed by atoms with Gasteiger partial charge in [0.1, 0.15) is 17.3 Å². The average molecular weight is 290 g/mol. The number of esters is 1. The number of carbonyl (C=O) groups excluding carboxylic acids is 2. The van der Waals surface area contributed by atoms with Crippen LogP contribution < -0.4 is 5.73 Å². The molecule has 1 fully saturated rings. The number of halogens is 1. The highest BCUT2D eigenvalue weighted by molar-refractivity contribution is 5.82. The van der Waals surface area contributed by atoms with Gasteiger partial charge in [0.2, 0.25) is 0 Å². The lowest BCUT2D eigenvalue weighted by Crippen LogP contribution is -2.57. The Labute approximate surface area is 118 Å². The van der Waals surface area contributed by atoms with E-state index in [0.717, 1.165) is 0 Å². The number of hydrogen-bond acceptors (Lipinski definition) is 5. The van der Waals surface area contributed by atoms with Crippen molar-refractivity contribution in [3.8, 4) is 0 Å². The van der Waals surface area contributed by atoms with Crippen LogP contribution in [0.5, 0.6) is 0 Å². The van der Waals surface area contributed by atoms with E-state index in [1.54, 1.807) is 20.8 Å². The molecule has 1 amide bonds. The van der Waals surface area contributed by atoms with Gasteiger partial charge in [0.25, 0.3) is 0 Å². The summed E-state index contributed by atoms with van der Waals surface area (Å²) in [6.45, 7) is 5.05. The zero-order valence-corrected chi connectivity index (χ0v) is 12.4.